The summed E-state index contributed by atoms with van der Waals surface area (Å²) in [7, 11) is 0. The highest BCUT2D eigenvalue weighted by Gasteiger charge is 2.52. The Hall–Kier alpha value is -3.04. The lowest BCUT2D eigenvalue weighted by Gasteiger charge is -2.26. The van der Waals surface area contributed by atoms with E-state index < -0.39 is 46.4 Å². The number of hydrogen-bond donors (Lipinski definition) is 1. The maximum absolute atomic E-state index is 13.1. The molecule has 0 spiro atoms. The zero-order valence-electron chi connectivity index (χ0n) is 17.4. The second-order valence-corrected chi connectivity index (χ2v) is 8.10. The molecule has 0 aliphatic carbocycles. The van der Waals surface area contributed by atoms with Crippen LogP contribution < -0.4 is 10.2 Å². The third-order valence-electron chi connectivity index (χ3n) is 5.85. The maximum Gasteiger partial charge on any atom is 0.416 e. The van der Waals surface area contributed by atoms with Crippen molar-refractivity contribution in [2.75, 3.05) is 16.8 Å². The molecule has 1 aliphatic rings. The van der Waals surface area contributed by atoms with E-state index in [1.54, 1.807) is 31.2 Å². The number of nitrogens with zero attached hydrogens (tertiary/aromatic N) is 1. The van der Waals surface area contributed by atoms with E-state index in [4.69, 9.17) is 0 Å². The molecule has 2 atom stereocenters. The highest BCUT2D eigenvalue weighted by atomic mass is 19.4. The Balaban J connectivity index is 1.94. The van der Waals surface area contributed by atoms with Gasteiger partial charge in [0.15, 0.2) is 0 Å². The monoisotopic (exact) mass is 458 g/mol. The summed E-state index contributed by atoms with van der Waals surface area (Å²) in [5.41, 5.74) is -3.74. The van der Waals surface area contributed by atoms with E-state index in [2.05, 4.69) is 5.32 Å². The predicted octanol–water partition coefficient (Wildman–Crippen LogP) is 5.66. The van der Waals surface area contributed by atoms with Crippen LogP contribution in [0.1, 0.15) is 30.5 Å². The minimum Gasteiger partial charge on any atom is -0.326 e. The van der Waals surface area contributed by atoms with Crippen LogP contribution in [0.3, 0.4) is 0 Å². The van der Waals surface area contributed by atoms with Gasteiger partial charge in [-0.1, -0.05) is 25.1 Å². The largest absolute Gasteiger partial charge is 0.416 e. The smallest absolute Gasteiger partial charge is 0.326 e. The van der Waals surface area contributed by atoms with Gasteiger partial charge in [0, 0.05) is 17.9 Å². The number of aryl methyl sites for hydroxylation is 1. The first kappa shape index (κ1) is 23.6. The van der Waals surface area contributed by atoms with Crippen molar-refractivity contribution in [3.05, 3.63) is 59.2 Å². The van der Waals surface area contributed by atoms with Gasteiger partial charge >= 0.3 is 12.4 Å². The van der Waals surface area contributed by atoms with Gasteiger partial charge in [-0.05, 0) is 43.7 Å². The topological polar surface area (TPSA) is 49.4 Å². The van der Waals surface area contributed by atoms with E-state index in [1.165, 1.54) is 18.7 Å². The van der Waals surface area contributed by atoms with Crippen molar-refractivity contribution in [3.63, 3.8) is 0 Å². The van der Waals surface area contributed by atoms with Gasteiger partial charge in [0.05, 0.1) is 22.5 Å². The molecule has 1 N–H and O–H groups in total. The summed E-state index contributed by atoms with van der Waals surface area (Å²) >= 11 is 0. The number of benzene rings is 2. The summed E-state index contributed by atoms with van der Waals surface area (Å²) in [6, 6.07) is 7.85. The molecule has 4 nitrogen and oxygen atoms in total. The van der Waals surface area contributed by atoms with Crippen LogP contribution in [0.2, 0.25) is 0 Å². The third kappa shape index (κ3) is 4.31. The number of nitrogens with one attached hydrogen (secondary N) is 1. The fourth-order valence-corrected chi connectivity index (χ4v) is 3.69. The SMILES string of the molecule is Cc1ccccc1N1CC(C)(C(=O)Nc2cc(C(F)(F)F)cc(C(F)(F)F)c2)C(C)C1=O. The molecule has 1 fully saturated rings. The first-order chi connectivity index (χ1) is 14.6. The summed E-state index contributed by atoms with van der Waals surface area (Å²) in [4.78, 5) is 27.3. The van der Waals surface area contributed by atoms with Gasteiger partial charge in [-0.2, -0.15) is 26.3 Å². The fraction of sp³-hybridized carbons (Fsp3) is 0.364. The molecule has 0 saturated carbocycles. The van der Waals surface area contributed by atoms with E-state index in [9.17, 15) is 35.9 Å². The minimum absolute atomic E-state index is 0.0149. The predicted molar refractivity (Wildman–Crippen MR) is 106 cm³/mol. The molecule has 2 aromatic carbocycles. The van der Waals surface area contributed by atoms with E-state index in [0.29, 0.717) is 17.8 Å². The van der Waals surface area contributed by atoms with Gasteiger partial charge in [0.1, 0.15) is 0 Å². The van der Waals surface area contributed by atoms with Crippen molar-refractivity contribution in [2.45, 2.75) is 33.1 Å². The van der Waals surface area contributed by atoms with Crippen LogP contribution in [-0.4, -0.2) is 18.4 Å². The van der Waals surface area contributed by atoms with Gasteiger partial charge in [-0.3, -0.25) is 9.59 Å². The van der Waals surface area contributed by atoms with Crippen LogP contribution in [0.25, 0.3) is 0 Å². The average Bonchev–Trinajstić information content (AvgIpc) is 2.92. The van der Waals surface area contributed by atoms with Gasteiger partial charge in [0.2, 0.25) is 11.8 Å². The van der Waals surface area contributed by atoms with Gasteiger partial charge in [0.25, 0.3) is 0 Å². The standard InChI is InChI=1S/C22H20F6N2O2/c1-12-6-4-5-7-17(12)30-11-20(3,13(2)18(30)31)19(32)29-16-9-14(21(23,24)25)8-15(10-16)22(26,27)28/h4-10,13H,11H2,1-3H3,(H,29,32). The highest BCUT2D eigenvalue weighted by Crippen LogP contribution is 2.42. The lowest BCUT2D eigenvalue weighted by Crippen LogP contribution is -2.40. The summed E-state index contributed by atoms with van der Waals surface area (Å²) in [5, 5.41) is 2.17. The Morgan fingerprint density at radius 2 is 1.56 bits per heavy atom. The van der Waals surface area contributed by atoms with Crippen molar-refractivity contribution >= 4 is 23.2 Å². The second-order valence-electron chi connectivity index (χ2n) is 8.10. The van der Waals surface area contributed by atoms with Crippen molar-refractivity contribution in [1.29, 1.82) is 0 Å². The summed E-state index contributed by atoms with van der Waals surface area (Å²) in [6.45, 7) is 4.67. The lowest BCUT2D eigenvalue weighted by molar-refractivity contribution is -0.143. The number of rotatable bonds is 3. The van der Waals surface area contributed by atoms with Crippen LogP contribution in [0.15, 0.2) is 42.5 Å². The van der Waals surface area contributed by atoms with Crippen molar-refractivity contribution in [3.8, 4) is 0 Å². The molecule has 0 bridgehead atoms. The molecule has 1 saturated heterocycles. The van der Waals surface area contributed by atoms with Crippen molar-refractivity contribution < 1.29 is 35.9 Å². The summed E-state index contributed by atoms with van der Waals surface area (Å²) < 4.78 is 78.7. The number of anilines is 2. The molecule has 2 unspecified atom stereocenters. The van der Waals surface area contributed by atoms with E-state index in [-0.39, 0.29) is 18.5 Å². The van der Waals surface area contributed by atoms with Crippen LogP contribution in [0.5, 0.6) is 0 Å². The first-order valence-corrected chi connectivity index (χ1v) is 9.62. The van der Waals surface area contributed by atoms with E-state index in [0.717, 1.165) is 5.56 Å². The Morgan fingerprint density at radius 1 is 1.03 bits per heavy atom. The molecule has 0 aromatic heterocycles. The normalized spacial score (nSPS) is 21.7. The second kappa shape index (κ2) is 7.83. The van der Waals surface area contributed by atoms with Crippen LogP contribution in [0, 0.1) is 18.3 Å². The number of carbonyl (C=O) groups excluding carboxylic acids is 2. The number of amides is 2. The first-order valence-electron chi connectivity index (χ1n) is 9.62. The lowest BCUT2D eigenvalue weighted by atomic mass is 9.80. The fourth-order valence-electron chi connectivity index (χ4n) is 3.69. The van der Waals surface area contributed by atoms with Crippen LogP contribution in [0.4, 0.5) is 37.7 Å². The van der Waals surface area contributed by atoms with E-state index in [1.807, 2.05) is 0 Å². The zero-order chi connectivity index (χ0) is 24.1. The quantitative estimate of drug-likeness (QED) is 0.604. The van der Waals surface area contributed by atoms with Gasteiger partial charge in [-0.15, -0.1) is 0 Å². The molecule has 2 aromatic rings. The number of halogens is 6. The molecule has 32 heavy (non-hydrogen) atoms. The Kier molecular flexibility index (Phi) is 5.78. The molecule has 172 valence electrons. The van der Waals surface area contributed by atoms with Gasteiger partial charge in [-0.25, -0.2) is 0 Å². The minimum atomic E-state index is -5.04. The Bertz CT molecular complexity index is 1030. The highest BCUT2D eigenvalue weighted by molar-refractivity contribution is 6.07. The molecule has 3 rings (SSSR count). The zero-order valence-corrected chi connectivity index (χ0v) is 17.4. The van der Waals surface area contributed by atoms with Crippen molar-refractivity contribution in [2.24, 2.45) is 11.3 Å². The number of carbonyl (C=O) groups is 2. The van der Waals surface area contributed by atoms with Crippen LogP contribution >= 0.6 is 0 Å². The Morgan fingerprint density at radius 3 is 2.06 bits per heavy atom. The maximum atomic E-state index is 13.1. The molecule has 10 heteroatoms. The number of para-hydroxylation sites is 1. The van der Waals surface area contributed by atoms with E-state index >= 15 is 0 Å². The molecule has 2 amide bonds. The van der Waals surface area contributed by atoms with Crippen molar-refractivity contribution in [1.82, 2.24) is 0 Å². The van der Waals surface area contributed by atoms with Crippen LogP contribution in [-0.2, 0) is 21.9 Å². The third-order valence-corrected chi connectivity index (χ3v) is 5.85. The number of alkyl halides is 6. The summed E-state index contributed by atoms with van der Waals surface area (Å²) in [6.07, 6.45) is -10.1. The number of hydrogen-bond acceptors (Lipinski definition) is 2. The Labute approximate surface area is 180 Å². The average molecular weight is 458 g/mol. The molecule has 1 aliphatic heterocycles. The van der Waals surface area contributed by atoms with Gasteiger partial charge < -0.3 is 10.2 Å². The molecule has 1 heterocycles. The molecule has 0 radical (unpaired) electrons. The molecular formula is C22H20F6N2O2. The summed E-state index contributed by atoms with van der Waals surface area (Å²) in [5.74, 6) is -2.06. The molecular weight excluding hydrogens is 438 g/mol.